The molecule has 0 amide bonds. The highest BCUT2D eigenvalue weighted by Gasteiger charge is 2.04. The molecule has 3 nitrogen and oxygen atoms in total. The van der Waals surface area contributed by atoms with Crippen molar-refractivity contribution < 1.29 is 9.47 Å². The predicted octanol–water partition coefficient (Wildman–Crippen LogP) is 4.40. The van der Waals surface area contributed by atoms with Crippen molar-refractivity contribution in [3.63, 3.8) is 0 Å². The minimum Gasteiger partial charge on any atom is -0.490 e. The fourth-order valence-electron chi connectivity index (χ4n) is 1.88. The van der Waals surface area contributed by atoms with Gasteiger partial charge in [-0.2, -0.15) is 5.26 Å². The van der Waals surface area contributed by atoms with Gasteiger partial charge in [0, 0.05) is 4.47 Å². The molecular weight excluding hydrogens is 330 g/mol. The van der Waals surface area contributed by atoms with Gasteiger partial charge in [-0.3, -0.25) is 0 Å². The number of halogens is 1. The van der Waals surface area contributed by atoms with E-state index in [1.165, 1.54) is 0 Å². The molecule has 2 aromatic carbocycles. The Kier molecular flexibility index (Phi) is 5.24. The van der Waals surface area contributed by atoms with E-state index >= 15 is 0 Å². The molecule has 21 heavy (non-hydrogen) atoms. The maximum absolute atomic E-state index is 9.06. The van der Waals surface area contributed by atoms with Gasteiger partial charge in [-0.05, 0) is 49.2 Å². The van der Waals surface area contributed by atoms with Gasteiger partial charge in [-0.25, -0.2) is 0 Å². The Morgan fingerprint density at radius 1 is 1.00 bits per heavy atom. The highest BCUT2D eigenvalue weighted by Crippen LogP contribution is 2.23. The van der Waals surface area contributed by atoms with Crippen LogP contribution in [0.25, 0.3) is 0 Å². The molecule has 0 N–H and O–H groups in total. The van der Waals surface area contributed by atoms with Crippen LogP contribution in [0, 0.1) is 25.2 Å². The van der Waals surface area contributed by atoms with Gasteiger partial charge < -0.3 is 9.47 Å². The highest BCUT2D eigenvalue weighted by atomic mass is 79.9. The predicted molar refractivity (Wildman–Crippen MR) is 85.8 cm³/mol. The monoisotopic (exact) mass is 345 g/mol. The van der Waals surface area contributed by atoms with Crippen molar-refractivity contribution in [1.82, 2.24) is 0 Å². The van der Waals surface area contributed by atoms with Gasteiger partial charge in [0.25, 0.3) is 0 Å². The number of hydrogen-bond acceptors (Lipinski definition) is 3. The molecule has 0 aliphatic heterocycles. The van der Waals surface area contributed by atoms with Crippen LogP contribution in [0.4, 0.5) is 0 Å². The van der Waals surface area contributed by atoms with Gasteiger partial charge in [0.1, 0.15) is 30.8 Å². The molecule has 4 heteroatoms. The third-order valence-electron chi connectivity index (χ3n) is 3.00. The number of hydrogen-bond donors (Lipinski definition) is 0. The molecule has 0 heterocycles. The van der Waals surface area contributed by atoms with Crippen LogP contribution in [0.5, 0.6) is 11.5 Å². The van der Waals surface area contributed by atoms with Gasteiger partial charge >= 0.3 is 0 Å². The van der Waals surface area contributed by atoms with E-state index in [0.717, 1.165) is 21.3 Å². The topological polar surface area (TPSA) is 42.2 Å². The average molecular weight is 346 g/mol. The summed E-state index contributed by atoms with van der Waals surface area (Å²) >= 11 is 3.33. The molecule has 0 unspecified atom stereocenters. The van der Waals surface area contributed by atoms with Crippen molar-refractivity contribution in [2.24, 2.45) is 0 Å². The SMILES string of the molecule is Cc1ccc(C)c(OCCOc2ccc(Br)cc2C#N)c1. The fourth-order valence-corrected chi connectivity index (χ4v) is 2.24. The van der Waals surface area contributed by atoms with E-state index in [0.29, 0.717) is 24.5 Å². The molecule has 0 atom stereocenters. The first-order chi connectivity index (χ1) is 10.1. The van der Waals surface area contributed by atoms with Crippen molar-refractivity contribution in [3.8, 4) is 17.6 Å². The second-order valence-corrected chi connectivity index (χ2v) is 5.63. The lowest BCUT2D eigenvalue weighted by molar-refractivity contribution is 0.216. The van der Waals surface area contributed by atoms with Gasteiger partial charge in [-0.1, -0.05) is 28.1 Å². The Morgan fingerprint density at radius 3 is 2.43 bits per heavy atom. The summed E-state index contributed by atoms with van der Waals surface area (Å²) in [6, 6.07) is 13.6. The lowest BCUT2D eigenvalue weighted by Gasteiger charge is -2.11. The van der Waals surface area contributed by atoms with Crippen LogP contribution in [0.3, 0.4) is 0 Å². The molecule has 2 aromatic rings. The minimum atomic E-state index is 0.393. The smallest absolute Gasteiger partial charge is 0.137 e. The number of rotatable bonds is 5. The largest absolute Gasteiger partial charge is 0.490 e. The maximum Gasteiger partial charge on any atom is 0.137 e. The van der Waals surface area contributed by atoms with Crippen LogP contribution in [0.2, 0.25) is 0 Å². The molecule has 0 aliphatic carbocycles. The van der Waals surface area contributed by atoms with E-state index in [-0.39, 0.29) is 0 Å². The van der Waals surface area contributed by atoms with E-state index in [9.17, 15) is 0 Å². The highest BCUT2D eigenvalue weighted by molar-refractivity contribution is 9.10. The molecule has 0 radical (unpaired) electrons. The molecule has 2 rings (SSSR count). The molecule has 0 aromatic heterocycles. The number of aryl methyl sites for hydroxylation is 2. The van der Waals surface area contributed by atoms with Crippen molar-refractivity contribution in [2.45, 2.75) is 13.8 Å². The lowest BCUT2D eigenvalue weighted by Crippen LogP contribution is -2.10. The number of nitrogens with zero attached hydrogens (tertiary/aromatic N) is 1. The summed E-state index contributed by atoms with van der Waals surface area (Å²) < 4.78 is 12.2. The number of nitriles is 1. The van der Waals surface area contributed by atoms with E-state index < -0.39 is 0 Å². The molecule has 0 fully saturated rings. The van der Waals surface area contributed by atoms with E-state index in [2.05, 4.69) is 28.1 Å². The standard InChI is InChI=1S/C17H16BrNO2/c1-12-3-4-13(2)17(9-12)21-8-7-20-16-6-5-15(18)10-14(16)11-19/h3-6,9-10H,7-8H2,1-2H3. The quantitative estimate of drug-likeness (QED) is 0.754. The average Bonchev–Trinajstić information content (AvgIpc) is 2.48. The second kappa shape index (κ2) is 7.14. The van der Waals surface area contributed by atoms with Crippen LogP contribution >= 0.6 is 15.9 Å². The Balaban J connectivity index is 1.91. The van der Waals surface area contributed by atoms with Crippen molar-refractivity contribution in [2.75, 3.05) is 13.2 Å². The van der Waals surface area contributed by atoms with Crippen LogP contribution in [-0.2, 0) is 0 Å². The summed E-state index contributed by atoms with van der Waals surface area (Å²) in [4.78, 5) is 0. The summed E-state index contributed by atoms with van der Waals surface area (Å²) in [6.07, 6.45) is 0. The maximum atomic E-state index is 9.06. The van der Waals surface area contributed by atoms with Gasteiger partial charge in [0.05, 0.1) is 5.56 Å². The zero-order chi connectivity index (χ0) is 15.2. The zero-order valence-corrected chi connectivity index (χ0v) is 13.6. The van der Waals surface area contributed by atoms with E-state index in [1.807, 2.05) is 32.0 Å². The minimum absolute atomic E-state index is 0.393. The van der Waals surface area contributed by atoms with Gasteiger partial charge in [-0.15, -0.1) is 0 Å². The van der Waals surface area contributed by atoms with Crippen LogP contribution in [0.15, 0.2) is 40.9 Å². The Bertz CT molecular complexity index is 677. The summed E-state index contributed by atoms with van der Waals surface area (Å²) in [5.41, 5.74) is 2.77. The Hall–Kier alpha value is -1.99. The normalized spacial score (nSPS) is 10.0. The number of benzene rings is 2. The molecule has 0 aliphatic rings. The summed E-state index contributed by atoms with van der Waals surface area (Å²) in [6.45, 7) is 4.87. The van der Waals surface area contributed by atoms with E-state index in [1.54, 1.807) is 12.1 Å². The summed E-state index contributed by atoms with van der Waals surface area (Å²) in [7, 11) is 0. The third kappa shape index (κ3) is 4.24. The van der Waals surface area contributed by atoms with E-state index in [4.69, 9.17) is 14.7 Å². The molecule has 108 valence electrons. The molecule has 0 bridgehead atoms. The van der Waals surface area contributed by atoms with Crippen LogP contribution in [0.1, 0.15) is 16.7 Å². The molecular formula is C17H16BrNO2. The Morgan fingerprint density at radius 2 is 1.71 bits per heavy atom. The van der Waals surface area contributed by atoms with Crippen molar-refractivity contribution in [3.05, 3.63) is 57.6 Å². The lowest BCUT2D eigenvalue weighted by atomic mass is 10.1. The fraction of sp³-hybridized carbons (Fsp3) is 0.235. The Labute approximate surface area is 133 Å². The second-order valence-electron chi connectivity index (χ2n) is 4.72. The van der Waals surface area contributed by atoms with Crippen LogP contribution < -0.4 is 9.47 Å². The van der Waals surface area contributed by atoms with Crippen molar-refractivity contribution in [1.29, 1.82) is 5.26 Å². The number of ether oxygens (including phenoxy) is 2. The molecule has 0 saturated heterocycles. The molecule has 0 saturated carbocycles. The third-order valence-corrected chi connectivity index (χ3v) is 3.50. The molecule has 0 spiro atoms. The first-order valence-corrected chi connectivity index (χ1v) is 7.42. The van der Waals surface area contributed by atoms with Crippen LogP contribution in [-0.4, -0.2) is 13.2 Å². The van der Waals surface area contributed by atoms with Gasteiger partial charge in [0.15, 0.2) is 0 Å². The first kappa shape index (κ1) is 15.4. The zero-order valence-electron chi connectivity index (χ0n) is 12.0. The van der Waals surface area contributed by atoms with Crippen molar-refractivity contribution >= 4 is 15.9 Å². The summed E-state index contributed by atoms with van der Waals surface area (Å²) in [5.74, 6) is 1.44. The van der Waals surface area contributed by atoms with Gasteiger partial charge in [0.2, 0.25) is 0 Å². The first-order valence-electron chi connectivity index (χ1n) is 6.62. The summed E-state index contributed by atoms with van der Waals surface area (Å²) in [5, 5.41) is 9.06.